The second-order valence-corrected chi connectivity index (χ2v) is 5.52. The second-order valence-electron chi connectivity index (χ2n) is 5.52. The third-order valence-electron chi connectivity index (χ3n) is 4.00. The van der Waals surface area contributed by atoms with E-state index in [0.717, 1.165) is 22.4 Å². The number of nitrogens with zero attached hydrogens (tertiary/aromatic N) is 3. The van der Waals surface area contributed by atoms with Crippen LogP contribution in [-0.2, 0) is 20.1 Å². The predicted octanol–water partition coefficient (Wildman–Crippen LogP) is 3.10. The van der Waals surface area contributed by atoms with Gasteiger partial charge in [0, 0.05) is 31.2 Å². The fourth-order valence-electron chi connectivity index (χ4n) is 2.55. The standard InChI is InChI=1S/C17H20FN5O.HI/c1-11-14-8-12(18)4-5-15(14)24-16(11)10-21-17(19-2)20-9-13-6-7-22-23(13)3;/h4-8H,9-10H2,1-3H3,(H2,19,20,21);1H. The predicted molar refractivity (Wildman–Crippen MR) is 107 cm³/mol. The molecule has 0 atom stereocenters. The van der Waals surface area contributed by atoms with Crippen molar-refractivity contribution in [3.63, 3.8) is 0 Å². The van der Waals surface area contributed by atoms with Crippen LogP contribution in [0, 0.1) is 12.7 Å². The van der Waals surface area contributed by atoms with E-state index in [1.54, 1.807) is 24.0 Å². The van der Waals surface area contributed by atoms with Gasteiger partial charge in [-0.3, -0.25) is 9.67 Å². The summed E-state index contributed by atoms with van der Waals surface area (Å²) in [6.07, 6.45) is 1.75. The summed E-state index contributed by atoms with van der Waals surface area (Å²) < 4.78 is 21.0. The minimum Gasteiger partial charge on any atom is -0.459 e. The number of aryl methyl sites for hydroxylation is 2. The Labute approximate surface area is 162 Å². The minimum atomic E-state index is -0.264. The zero-order valence-electron chi connectivity index (χ0n) is 14.3. The van der Waals surface area contributed by atoms with Crippen molar-refractivity contribution >= 4 is 40.9 Å². The van der Waals surface area contributed by atoms with Gasteiger partial charge in [0.15, 0.2) is 5.96 Å². The maximum atomic E-state index is 13.4. The Bertz CT molecular complexity index is 886. The summed E-state index contributed by atoms with van der Waals surface area (Å²) in [6, 6.07) is 6.48. The van der Waals surface area contributed by atoms with Crippen LogP contribution in [0.4, 0.5) is 4.39 Å². The summed E-state index contributed by atoms with van der Waals surface area (Å²) in [5, 5.41) is 11.4. The van der Waals surface area contributed by atoms with Gasteiger partial charge in [-0.1, -0.05) is 0 Å². The third-order valence-corrected chi connectivity index (χ3v) is 4.00. The molecule has 134 valence electrons. The van der Waals surface area contributed by atoms with Crippen LogP contribution >= 0.6 is 24.0 Å². The highest BCUT2D eigenvalue weighted by Gasteiger charge is 2.11. The zero-order chi connectivity index (χ0) is 17.1. The summed E-state index contributed by atoms with van der Waals surface area (Å²) in [6.45, 7) is 3.00. The summed E-state index contributed by atoms with van der Waals surface area (Å²) in [5.41, 5.74) is 2.66. The van der Waals surface area contributed by atoms with Crippen LogP contribution in [0.3, 0.4) is 0 Å². The maximum Gasteiger partial charge on any atom is 0.191 e. The molecule has 0 fully saturated rings. The molecule has 0 aliphatic heterocycles. The van der Waals surface area contributed by atoms with E-state index in [2.05, 4.69) is 20.7 Å². The van der Waals surface area contributed by atoms with Gasteiger partial charge in [0.25, 0.3) is 0 Å². The first-order valence-electron chi connectivity index (χ1n) is 7.67. The lowest BCUT2D eigenvalue weighted by molar-refractivity contribution is 0.533. The molecule has 0 saturated heterocycles. The number of hydrogen-bond acceptors (Lipinski definition) is 3. The fourth-order valence-corrected chi connectivity index (χ4v) is 2.55. The van der Waals surface area contributed by atoms with E-state index in [1.165, 1.54) is 12.1 Å². The zero-order valence-corrected chi connectivity index (χ0v) is 16.7. The van der Waals surface area contributed by atoms with Gasteiger partial charge < -0.3 is 15.1 Å². The van der Waals surface area contributed by atoms with Crippen LogP contribution in [0.2, 0.25) is 0 Å². The number of rotatable bonds is 4. The fraction of sp³-hybridized carbons (Fsp3) is 0.294. The van der Waals surface area contributed by atoms with Gasteiger partial charge in [0.05, 0.1) is 18.8 Å². The summed E-state index contributed by atoms with van der Waals surface area (Å²) >= 11 is 0. The number of nitrogens with one attached hydrogen (secondary N) is 2. The smallest absolute Gasteiger partial charge is 0.191 e. The summed E-state index contributed by atoms with van der Waals surface area (Å²) in [7, 11) is 3.60. The molecular weight excluding hydrogens is 436 g/mol. The molecule has 3 rings (SSSR count). The maximum absolute atomic E-state index is 13.4. The number of hydrogen-bond donors (Lipinski definition) is 2. The second kappa shape index (κ2) is 8.32. The van der Waals surface area contributed by atoms with Crippen molar-refractivity contribution in [3.05, 3.63) is 53.3 Å². The average molecular weight is 457 g/mol. The molecule has 6 nitrogen and oxygen atoms in total. The first kappa shape index (κ1) is 19.2. The number of aliphatic imine (C=N–C) groups is 1. The molecule has 8 heteroatoms. The Kier molecular flexibility index (Phi) is 6.40. The van der Waals surface area contributed by atoms with E-state index < -0.39 is 0 Å². The lowest BCUT2D eigenvalue weighted by atomic mass is 10.1. The SMILES string of the molecule is CN=C(NCc1oc2ccc(F)cc2c1C)NCc1ccnn1C.I. The molecule has 0 saturated carbocycles. The third kappa shape index (κ3) is 4.30. The molecular formula is C17H21FIN5O. The topological polar surface area (TPSA) is 67.4 Å². The van der Waals surface area contributed by atoms with Crippen LogP contribution in [0.25, 0.3) is 11.0 Å². The van der Waals surface area contributed by atoms with Crippen LogP contribution in [-0.4, -0.2) is 22.8 Å². The molecule has 2 heterocycles. The number of furan rings is 1. The van der Waals surface area contributed by atoms with Crippen LogP contribution in [0.1, 0.15) is 17.0 Å². The molecule has 2 N–H and O–H groups in total. The van der Waals surface area contributed by atoms with E-state index >= 15 is 0 Å². The molecule has 2 aromatic heterocycles. The Morgan fingerprint density at radius 3 is 2.72 bits per heavy atom. The average Bonchev–Trinajstić information content (AvgIpc) is 3.12. The summed E-state index contributed by atoms with van der Waals surface area (Å²) in [4.78, 5) is 4.19. The molecule has 1 aromatic carbocycles. The van der Waals surface area contributed by atoms with E-state index in [0.29, 0.717) is 24.6 Å². The summed E-state index contributed by atoms with van der Waals surface area (Å²) in [5.74, 6) is 1.15. The molecule has 0 amide bonds. The van der Waals surface area contributed by atoms with Crippen molar-refractivity contribution in [2.45, 2.75) is 20.0 Å². The lowest BCUT2D eigenvalue weighted by Crippen LogP contribution is -2.36. The van der Waals surface area contributed by atoms with Gasteiger partial charge in [-0.25, -0.2) is 4.39 Å². The van der Waals surface area contributed by atoms with Crippen LogP contribution in [0.15, 0.2) is 39.9 Å². The molecule has 0 spiro atoms. The van der Waals surface area contributed by atoms with Crippen molar-refractivity contribution in [3.8, 4) is 0 Å². The van der Waals surface area contributed by atoms with Gasteiger partial charge >= 0.3 is 0 Å². The van der Waals surface area contributed by atoms with E-state index in [9.17, 15) is 4.39 Å². The molecule has 3 aromatic rings. The van der Waals surface area contributed by atoms with Crippen molar-refractivity contribution in [2.24, 2.45) is 12.0 Å². The van der Waals surface area contributed by atoms with Crippen molar-refractivity contribution in [1.29, 1.82) is 0 Å². The molecule has 25 heavy (non-hydrogen) atoms. The first-order chi connectivity index (χ1) is 11.6. The Morgan fingerprint density at radius 1 is 1.28 bits per heavy atom. The van der Waals surface area contributed by atoms with Crippen molar-refractivity contribution in [1.82, 2.24) is 20.4 Å². The first-order valence-corrected chi connectivity index (χ1v) is 7.67. The highest BCUT2D eigenvalue weighted by molar-refractivity contribution is 14.0. The highest BCUT2D eigenvalue weighted by atomic mass is 127. The van der Waals surface area contributed by atoms with E-state index in [1.807, 2.05) is 20.0 Å². The van der Waals surface area contributed by atoms with Crippen LogP contribution in [0.5, 0.6) is 0 Å². The van der Waals surface area contributed by atoms with Gasteiger partial charge in [-0.05, 0) is 31.2 Å². The van der Waals surface area contributed by atoms with Gasteiger partial charge in [-0.2, -0.15) is 5.10 Å². The van der Waals surface area contributed by atoms with E-state index in [-0.39, 0.29) is 29.8 Å². The molecule has 0 unspecified atom stereocenters. The van der Waals surface area contributed by atoms with Crippen molar-refractivity contribution in [2.75, 3.05) is 7.05 Å². The van der Waals surface area contributed by atoms with E-state index in [4.69, 9.17) is 4.42 Å². The number of aromatic nitrogens is 2. The van der Waals surface area contributed by atoms with Gasteiger partial charge in [0.2, 0.25) is 0 Å². The molecule has 0 radical (unpaired) electrons. The quantitative estimate of drug-likeness (QED) is 0.359. The largest absolute Gasteiger partial charge is 0.459 e. The highest BCUT2D eigenvalue weighted by Crippen LogP contribution is 2.25. The number of benzene rings is 1. The normalized spacial score (nSPS) is 11.4. The van der Waals surface area contributed by atoms with Crippen molar-refractivity contribution < 1.29 is 8.81 Å². The number of fused-ring (bicyclic) bond motifs is 1. The molecule has 0 aliphatic carbocycles. The Hall–Kier alpha value is -2.10. The van der Waals surface area contributed by atoms with Gasteiger partial charge in [-0.15, -0.1) is 24.0 Å². The monoisotopic (exact) mass is 457 g/mol. The number of guanidine groups is 1. The molecule has 0 bridgehead atoms. The molecule has 0 aliphatic rings. The Morgan fingerprint density at radius 2 is 2.04 bits per heavy atom. The number of halogens is 2. The Balaban J connectivity index is 0.00000225. The lowest BCUT2D eigenvalue weighted by Gasteiger charge is -2.11. The minimum absolute atomic E-state index is 0. The van der Waals surface area contributed by atoms with Crippen LogP contribution < -0.4 is 10.6 Å². The van der Waals surface area contributed by atoms with Gasteiger partial charge in [0.1, 0.15) is 17.2 Å².